The number of benzene rings is 2. The molecule has 2 aromatic rings. The molecule has 0 bridgehead atoms. The van der Waals surface area contributed by atoms with Gasteiger partial charge in [0.25, 0.3) is 0 Å². The van der Waals surface area contributed by atoms with Crippen LogP contribution in [0.2, 0.25) is 0 Å². The average Bonchev–Trinajstić information content (AvgIpc) is 3.68. The van der Waals surface area contributed by atoms with Gasteiger partial charge in [0.2, 0.25) is 0 Å². The third-order valence-electron chi connectivity index (χ3n) is 8.86. The van der Waals surface area contributed by atoms with E-state index in [1.54, 1.807) is 11.1 Å². The third kappa shape index (κ3) is 20.7. The monoisotopic (exact) mass is 718 g/mol. The fourth-order valence-corrected chi connectivity index (χ4v) is 5.65. The van der Waals surface area contributed by atoms with Crippen LogP contribution in [0.4, 0.5) is 5.69 Å². The molecule has 0 saturated heterocycles. The van der Waals surface area contributed by atoms with Gasteiger partial charge in [-0.05, 0) is 90.0 Å². The second-order valence-electron chi connectivity index (χ2n) is 13.8. The van der Waals surface area contributed by atoms with Crippen molar-refractivity contribution < 1.29 is 0 Å². The van der Waals surface area contributed by atoms with Crippen molar-refractivity contribution in [2.75, 3.05) is 5.32 Å². The van der Waals surface area contributed by atoms with Gasteiger partial charge < -0.3 is 5.32 Å². The van der Waals surface area contributed by atoms with E-state index >= 15 is 0 Å². The maximum Gasteiger partial charge on any atom is 0.0424 e. The maximum absolute atomic E-state index is 3.75. The van der Waals surface area contributed by atoms with E-state index in [-0.39, 0.29) is 10.8 Å². The quantitative estimate of drug-likeness (QED) is 0.255. The van der Waals surface area contributed by atoms with Crippen molar-refractivity contribution in [2.45, 2.75) is 141 Å². The fraction of sp³-hybridized carbons (Fsp3) is 0.423. The Kier molecular flexibility index (Phi) is 29.2. The topological polar surface area (TPSA) is 12.0 Å². The molecule has 0 saturated carbocycles. The largest absolute Gasteiger partial charge is 0.358 e. The van der Waals surface area contributed by atoms with Gasteiger partial charge in [0.05, 0.1) is 0 Å². The van der Waals surface area contributed by atoms with Crippen LogP contribution in [0.25, 0.3) is 0 Å². The molecule has 1 nitrogen and oxygen atoms in total. The minimum absolute atomic E-state index is 0.0650. The Morgan fingerprint density at radius 3 is 1.87 bits per heavy atom. The van der Waals surface area contributed by atoms with Crippen molar-refractivity contribution in [3.05, 3.63) is 173 Å². The molecule has 0 unspecified atom stereocenters. The second kappa shape index (κ2) is 30.4. The Balaban J connectivity index is 0. The lowest BCUT2D eigenvalue weighted by Gasteiger charge is -2.24. The Bertz CT molecular complexity index is 1500. The molecular weight excluding hydrogens is 639 g/mol. The SMILES string of the molecule is C=C/C=C1/Nc2ccc(C)cc2C1(C)C.CC.CC.CC/C=C\C=C(/CC)C(C)(C)/C=C/C1=C(C)CCC1.C\C=C/C=C\C=C\C.Cc1ccccc1. The molecule has 0 amide bonds. The molecule has 0 aromatic heterocycles. The van der Waals surface area contributed by atoms with Gasteiger partial charge in [0.15, 0.2) is 0 Å². The van der Waals surface area contributed by atoms with E-state index in [4.69, 9.17) is 0 Å². The molecule has 0 spiro atoms. The normalized spacial score (nSPS) is 15.5. The molecule has 0 fully saturated rings. The third-order valence-corrected chi connectivity index (χ3v) is 8.86. The van der Waals surface area contributed by atoms with Gasteiger partial charge in [0, 0.05) is 22.2 Å². The number of rotatable bonds is 9. The zero-order chi connectivity index (χ0) is 40.7. The molecule has 2 aromatic carbocycles. The fourth-order valence-electron chi connectivity index (χ4n) is 5.65. The lowest BCUT2D eigenvalue weighted by molar-refractivity contribution is 0.559. The highest BCUT2D eigenvalue weighted by Crippen LogP contribution is 2.43. The molecule has 1 heteroatoms. The van der Waals surface area contributed by atoms with Crippen LogP contribution >= 0.6 is 0 Å². The maximum atomic E-state index is 3.75. The average molecular weight is 718 g/mol. The first-order valence-corrected chi connectivity index (χ1v) is 20.2. The molecule has 53 heavy (non-hydrogen) atoms. The van der Waals surface area contributed by atoms with Gasteiger partial charge in [-0.15, -0.1) is 0 Å². The van der Waals surface area contributed by atoms with Gasteiger partial charge in [-0.3, -0.25) is 0 Å². The van der Waals surface area contributed by atoms with Gasteiger partial charge in [-0.1, -0.05) is 213 Å². The highest BCUT2D eigenvalue weighted by Gasteiger charge is 2.34. The molecule has 1 N–H and O–H groups in total. The number of fused-ring (bicyclic) bond motifs is 1. The molecule has 1 heterocycles. The summed E-state index contributed by atoms with van der Waals surface area (Å²) in [5, 5.41) is 3.44. The first-order valence-electron chi connectivity index (χ1n) is 20.2. The van der Waals surface area contributed by atoms with E-state index in [1.807, 2.05) is 102 Å². The van der Waals surface area contributed by atoms with Crippen molar-refractivity contribution in [1.82, 2.24) is 0 Å². The van der Waals surface area contributed by atoms with Gasteiger partial charge >= 0.3 is 0 Å². The van der Waals surface area contributed by atoms with E-state index in [2.05, 4.69) is 141 Å². The summed E-state index contributed by atoms with van der Waals surface area (Å²) in [7, 11) is 0. The van der Waals surface area contributed by atoms with E-state index in [0.717, 1.165) is 12.8 Å². The minimum atomic E-state index is 0.0650. The summed E-state index contributed by atoms with van der Waals surface area (Å²) in [6, 6.07) is 16.8. The van der Waals surface area contributed by atoms with Crippen LogP contribution in [0, 0.1) is 19.3 Å². The van der Waals surface area contributed by atoms with Crippen molar-refractivity contribution in [3.63, 3.8) is 0 Å². The van der Waals surface area contributed by atoms with E-state index < -0.39 is 0 Å². The number of hydrogen-bond donors (Lipinski definition) is 1. The lowest BCUT2D eigenvalue weighted by atomic mass is 9.81. The summed E-state index contributed by atoms with van der Waals surface area (Å²) in [4.78, 5) is 0. The van der Waals surface area contributed by atoms with Crippen molar-refractivity contribution in [3.8, 4) is 0 Å². The molecule has 0 atom stereocenters. The summed E-state index contributed by atoms with van der Waals surface area (Å²) in [5.41, 5.74) is 11.3. The zero-order valence-electron chi connectivity index (χ0n) is 36.9. The first-order chi connectivity index (χ1) is 25.4. The van der Waals surface area contributed by atoms with Crippen LogP contribution in [0.15, 0.2) is 157 Å². The lowest BCUT2D eigenvalue weighted by Crippen LogP contribution is -2.17. The number of anilines is 1. The van der Waals surface area contributed by atoms with Crippen molar-refractivity contribution in [1.29, 1.82) is 0 Å². The zero-order valence-corrected chi connectivity index (χ0v) is 36.9. The molecule has 0 radical (unpaired) electrons. The second-order valence-corrected chi connectivity index (χ2v) is 13.8. The predicted molar refractivity (Wildman–Crippen MR) is 246 cm³/mol. The van der Waals surface area contributed by atoms with E-state index in [9.17, 15) is 0 Å². The molecule has 4 rings (SSSR count). The highest BCUT2D eigenvalue weighted by atomic mass is 14.9. The Labute approximate surface area is 329 Å². The smallest absolute Gasteiger partial charge is 0.0424 e. The van der Waals surface area contributed by atoms with Crippen LogP contribution < -0.4 is 5.32 Å². The Hall–Kier alpha value is -4.10. The first kappa shape index (κ1) is 51.0. The summed E-state index contributed by atoms with van der Waals surface area (Å²) in [6.45, 7) is 35.8. The highest BCUT2D eigenvalue weighted by molar-refractivity contribution is 5.68. The van der Waals surface area contributed by atoms with Crippen LogP contribution in [-0.2, 0) is 5.41 Å². The van der Waals surface area contributed by atoms with Crippen molar-refractivity contribution in [2.24, 2.45) is 5.41 Å². The Morgan fingerprint density at radius 2 is 1.42 bits per heavy atom. The number of aryl methyl sites for hydroxylation is 2. The standard InChI is InChI=1S/C19H30.C14H17N.C8H12.C7H8.2C2H6/c1-6-8-9-13-18(7-2)19(4,5)15-14-17-12-10-11-16(17)3;1-5-6-13-14(3,4)11-9-10(2)7-8-12(11)15-13;1-3-5-7-8-6-4-2;1-7-5-3-2-4-6-7;2*1-2/h8-9,13-15H,6-7,10-12H2,1-5H3;5-9,15H,1H2,2-4H3;3-8H,1-2H3;2-6H,1H3;2*1-2H3/b9-8-,15-14+,18-13+;13-6+;5-3-,6-4+,8-7-;;;. The molecule has 292 valence electrons. The predicted octanol–water partition coefficient (Wildman–Crippen LogP) is 16.9. The van der Waals surface area contributed by atoms with Crippen LogP contribution in [0.5, 0.6) is 0 Å². The molecule has 2 aliphatic rings. The molecule has 1 aliphatic heterocycles. The van der Waals surface area contributed by atoms with Crippen LogP contribution in [-0.4, -0.2) is 0 Å². The summed E-state index contributed by atoms with van der Waals surface area (Å²) < 4.78 is 0. The van der Waals surface area contributed by atoms with Gasteiger partial charge in [0.1, 0.15) is 0 Å². The van der Waals surface area contributed by atoms with Crippen molar-refractivity contribution >= 4 is 5.69 Å². The number of hydrogen-bond acceptors (Lipinski definition) is 1. The van der Waals surface area contributed by atoms with Crippen LogP contribution in [0.3, 0.4) is 0 Å². The summed E-state index contributed by atoms with van der Waals surface area (Å²) >= 11 is 0. The number of allylic oxidation sites excluding steroid dienone is 17. The van der Waals surface area contributed by atoms with Crippen LogP contribution in [0.1, 0.15) is 139 Å². The minimum Gasteiger partial charge on any atom is -0.358 e. The number of nitrogens with one attached hydrogen (secondary N) is 1. The molecule has 1 aliphatic carbocycles. The molecular formula is C52H79N. The van der Waals surface area contributed by atoms with E-state index in [1.165, 1.54) is 52.9 Å². The summed E-state index contributed by atoms with van der Waals surface area (Å²) in [5.74, 6) is 0. The summed E-state index contributed by atoms with van der Waals surface area (Å²) in [6.07, 6.45) is 33.5. The Morgan fingerprint density at radius 1 is 0.811 bits per heavy atom. The van der Waals surface area contributed by atoms with Gasteiger partial charge in [-0.2, -0.15) is 0 Å². The van der Waals surface area contributed by atoms with Gasteiger partial charge in [-0.25, -0.2) is 0 Å². The van der Waals surface area contributed by atoms with E-state index in [0.29, 0.717) is 0 Å².